The van der Waals surface area contributed by atoms with Gasteiger partial charge in [0.25, 0.3) is 17.7 Å². The van der Waals surface area contributed by atoms with Crippen molar-refractivity contribution < 1.29 is 57.5 Å². The van der Waals surface area contributed by atoms with Gasteiger partial charge >= 0.3 is 12.2 Å². The Labute approximate surface area is 344 Å². The Morgan fingerprint density at radius 2 is 1.19 bits per heavy atom. The Balaban J connectivity index is 1.15. The van der Waals surface area contributed by atoms with E-state index in [9.17, 15) is 29.1 Å². The van der Waals surface area contributed by atoms with Gasteiger partial charge in [-0.05, 0) is 85.8 Å². The molecule has 59 heavy (non-hydrogen) atoms. The van der Waals surface area contributed by atoms with E-state index in [2.05, 4.69) is 13.2 Å². The highest BCUT2D eigenvalue weighted by Gasteiger charge is 2.48. The van der Waals surface area contributed by atoms with E-state index in [1.807, 2.05) is 0 Å². The van der Waals surface area contributed by atoms with Crippen LogP contribution in [0.15, 0.2) is 48.6 Å². The molecule has 3 atom stereocenters. The minimum absolute atomic E-state index is 0.0402. The Bertz CT molecular complexity index is 2070. The Kier molecular flexibility index (Phi) is 12.0. The molecule has 4 heterocycles. The van der Waals surface area contributed by atoms with Crippen LogP contribution in [0.4, 0.5) is 21.0 Å². The zero-order valence-electron chi connectivity index (χ0n) is 35.0. The number of aliphatic hydroxyl groups is 1. The fourth-order valence-electron chi connectivity index (χ4n) is 7.57. The topological polar surface area (TPSA) is 174 Å². The SMILES string of the molecule is C=C1CC2C(=O)N(C(=O)OC(C)(C)C)c3cc(OCCCCCOc4cc5c(cc4OC)C(=O)N4CC(=C)C[C@H]4[C@H](O)N5C(=O)OC(C)(C)C)c(OC)cc3C(=O)N2C1. The fraction of sp³-hybridized carbons (Fsp3) is 0.512. The van der Waals surface area contributed by atoms with Crippen LogP contribution in [0.3, 0.4) is 0 Å². The lowest BCUT2D eigenvalue weighted by Crippen LogP contribution is -2.51. The van der Waals surface area contributed by atoms with Crippen molar-refractivity contribution >= 4 is 41.3 Å². The summed E-state index contributed by atoms with van der Waals surface area (Å²) >= 11 is 0. The van der Waals surface area contributed by atoms with Crippen molar-refractivity contribution in [2.24, 2.45) is 0 Å². The zero-order chi connectivity index (χ0) is 43.1. The number of nitrogens with zero attached hydrogens (tertiary/aromatic N) is 4. The number of unbranched alkanes of at least 4 members (excludes halogenated alkanes) is 2. The summed E-state index contributed by atoms with van der Waals surface area (Å²) in [6.07, 6.45) is -0.816. The number of imide groups is 1. The first kappa shape index (κ1) is 42.8. The molecule has 0 aromatic heterocycles. The number of carbonyl (C=O) groups excluding carboxylic acids is 5. The molecule has 2 fully saturated rings. The lowest BCUT2D eigenvalue weighted by molar-refractivity contribution is -0.121. The molecule has 16 nitrogen and oxygen atoms in total. The van der Waals surface area contributed by atoms with Crippen molar-refractivity contribution in [1.29, 1.82) is 0 Å². The highest BCUT2D eigenvalue weighted by atomic mass is 16.6. The van der Waals surface area contributed by atoms with Gasteiger partial charge < -0.3 is 43.3 Å². The van der Waals surface area contributed by atoms with Crippen LogP contribution in [0.25, 0.3) is 0 Å². The summed E-state index contributed by atoms with van der Waals surface area (Å²) in [5.74, 6) is -0.404. The Morgan fingerprint density at radius 3 is 1.75 bits per heavy atom. The summed E-state index contributed by atoms with van der Waals surface area (Å²) in [7, 11) is 2.88. The zero-order valence-corrected chi connectivity index (χ0v) is 35.0. The highest BCUT2D eigenvalue weighted by Crippen LogP contribution is 2.43. The van der Waals surface area contributed by atoms with E-state index < -0.39 is 53.5 Å². The molecular weight excluding hydrogens is 764 g/mol. The van der Waals surface area contributed by atoms with Crippen molar-refractivity contribution in [3.63, 3.8) is 0 Å². The van der Waals surface area contributed by atoms with Crippen molar-refractivity contribution in [2.75, 3.05) is 50.3 Å². The Morgan fingerprint density at radius 1 is 0.695 bits per heavy atom. The number of methoxy groups -OCH3 is 2. The van der Waals surface area contributed by atoms with Gasteiger partial charge in [0.05, 0.1) is 56.0 Å². The van der Waals surface area contributed by atoms with Crippen molar-refractivity contribution in [3.8, 4) is 23.0 Å². The number of aliphatic hydroxyl groups excluding tert-OH is 1. The summed E-state index contributed by atoms with van der Waals surface area (Å²) in [5, 5.41) is 11.6. The van der Waals surface area contributed by atoms with Gasteiger partial charge in [-0.3, -0.25) is 14.4 Å². The van der Waals surface area contributed by atoms with Gasteiger partial charge in [0.2, 0.25) is 0 Å². The first-order valence-corrected chi connectivity index (χ1v) is 19.6. The van der Waals surface area contributed by atoms with E-state index in [0.717, 1.165) is 15.4 Å². The molecule has 318 valence electrons. The lowest BCUT2D eigenvalue weighted by atomic mass is 10.1. The van der Waals surface area contributed by atoms with Gasteiger partial charge in [-0.15, -0.1) is 0 Å². The molecular formula is C43H54N4O12. The normalized spacial score (nSPS) is 20.4. The van der Waals surface area contributed by atoms with Crippen molar-refractivity contribution in [1.82, 2.24) is 9.80 Å². The number of hydrogen-bond acceptors (Lipinski definition) is 12. The summed E-state index contributed by atoms with van der Waals surface area (Å²) in [6.45, 7) is 19.1. The predicted octanol–water partition coefficient (Wildman–Crippen LogP) is 6.23. The number of hydrogen-bond donors (Lipinski definition) is 1. The number of ether oxygens (including phenoxy) is 6. The molecule has 0 aliphatic carbocycles. The number of carbonyl (C=O) groups is 5. The largest absolute Gasteiger partial charge is 0.493 e. The van der Waals surface area contributed by atoms with Crippen LogP contribution in [0.2, 0.25) is 0 Å². The molecule has 0 spiro atoms. The van der Waals surface area contributed by atoms with Gasteiger partial charge in [0.15, 0.2) is 29.2 Å². The maximum atomic E-state index is 13.9. The van der Waals surface area contributed by atoms with Crippen LogP contribution >= 0.6 is 0 Å². The van der Waals surface area contributed by atoms with Crippen molar-refractivity contribution in [3.05, 3.63) is 59.7 Å². The second-order valence-electron chi connectivity index (χ2n) is 17.1. The van der Waals surface area contributed by atoms with Gasteiger partial charge in [-0.25, -0.2) is 19.4 Å². The standard InChI is InChI=1S/C43H54N4O12/c1-24-16-30-38(50)46(40(52)58-42(3,4)5)28-20-34(32(54-9)18-26(28)36(48)44(30)22-24)56-14-12-11-13-15-57-35-21-29-27(19-33(35)55-10)37(49)45-23-25(2)17-31(45)39(51)47(29)41(53)59-43(6,7)8/h18-21,30-31,38,50H,1-2,11-17,22-23H2,3-10H3/t30-,31?,38-/m0/s1. The molecule has 0 saturated carbocycles. The van der Waals surface area contributed by atoms with Crippen LogP contribution in [-0.4, -0.2) is 115 Å². The third-order valence-electron chi connectivity index (χ3n) is 10.2. The third kappa shape index (κ3) is 8.82. The number of fused-ring (bicyclic) bond motifs is 4. The quantitative estimate of drug-likeness (QED) is 0.212. The molecule has 2 aromatic rings. The van der Waals surface area contributed by atoms with E-state index in [1.165, 1.54) is 48.3 Å². The summed E-state index contributed by atoms with van der Waals surface area (Å²) in [4.78, 5) is 73.6. The lowest BCUT2D eigenvalue weighted by Gasteiger charge is -2.33. The van der Waals surface area contributed by atoms with E-state index in [0.29, 0.717) is 31.3 Å². The molecule has 2 aromatic carbocycles. The van der Waals surface area contributed by atoms with Gasteiger partial charge in [0, 0.05) is 25.2 Å². The maximum absolute atomic E-state index is 13.9. The molecule has 1 N–H and O–H groups in total. The van der Waals surface area contributed by atoms with Crippen LogP contribution in [0.1, 0.15) is 94.4 Å². The number of amides is 5. The molecule has 5 amide bonds. The van der Waals surface area contributed by atoms with Gasteiger partial charge in [-0.2, -0.15) is 0 Å². The van der Waals surface area contributed by atoms with Crippen LogP contribution in [0.5, 0.6) is 23.0 Å². The molecule has 4 aliphatic heterocycles. The molecule has 6 rings (SSSR count). The minimum Gasteiger partial charge on any atom is -0.493 e. The summed E-state index contributed by atoms with van der Waals surface area (Å²) in [6, 6.07) is 4.33. The molecule has 2 saturated heterocycles. The number of rotatable bonds is 10. The van der Waals surface area contributed by atoms with Gasteiger partial charge in [-0.1, -0.05) is 24.3 Å². The third-order valence-corrected chi connectivity index (χ3v) is 10.2. The predicted molar refractivity (Wildman–Crippen MR) is 216 cm³/mol. The van der Waals surface area contributed by atoms with Crippen LogP contribution in [0, 0.1) is 0 Å². The van der Waals surface area contributed by atoms with Crippen molar-refractivity contribution in [2.45, 2.75) is 103 Å². The monoisotopic (exact) mass is 818 g/mol. The average molecular weight is 819 g/mol. The smallest absolute Gasteiger partial charge is 0.421 e. The first-order valence-electron chi connectivity index (χ1n) is 19.6. The maximum Gasteiger partial charge on any atom is 0.421 e. The fourth-order valence-corrected chi connectivity index (χ4v) is 7.57. The van der Waals surface area contributed by atoms with Gasteiger partial charge in [0.1, 0.15) is 17.2 Å². The van der Waals surface area contributed by atoms with Crippen LogP contribution in [-0.2, 0) is 14.3 Å². The second-order valence-corrected chi connectivity index (χ2v) is 17.1. The van der Waals surface area contributed by atoms with E-state index >= 15 is 0 Å². The molecule has 16 heteroatoms. The van der Waals surface area contributed by atoms with E-state index in [1.54, 1.807) is 41.5 Å². The summed E-state index contributed by atoms with van der Waals surface area (Å²) < 4.78 is 34.7. The molecule has 0 bridgehead atoms. The van der Waals surface area contributed by atoms with E-state index in [4.69, 9.17) is 28.4 Å². The molecule has 1 unspecified atom stereocenters. The van der Waals surface area contributed by atoms with Crippen LogP contribution < -0.4 is 28.7 Å². The first-order chi connectivity index (χ1) is 27.7. The highest BCUT2D eigenvalue weighted by molar-refractivity contribution is 6.21. The molecule has 0 radical (unpaired) electrons. The number of benzene rings is 2. The average Bonchev–Trinajstić information content (AvgIpc) is 3.71. The molecule has 4 aliphatic rings. The minimum atomic E-state index is -1.41. The second kappa shape index (κ2) is 16.5. The number of anilines is 2. The summed E-state index contributed by atoms with van der Waals surface area (Å²) in [5.41, 5.74) is 0.0863. The Hall–Kier alpha value is -5.77. The van der Waals surface area contributed by atoms with E-state index in [-0.39, 0.29) is 84.1 Å².